The molecule has 0 aromatic rings. The molecule has 1 aliphatic heterocycles. The van der Waals surface area contributed by atoms with Gasteiger partial charge in [-0.05, 0) is 0 Å². The zero-order chi connectivity index (χ0) is 10.9. The minimum atomic E-state index is -2.82. The van der Waals surface area contributed by atoms with Crippen LogP contribution in [-0.2, 0) is 9.59 Å². The normalized spacial score (nSPS) is 21.2. The molecule has 1 aliphatic rings. The highest BCUT2D eigenvalue weighted by molar-refractivity contribution is 5.88. The number of hydrogen-bond acceptors (Lipinski definition) is 3. The quantitative estimate of drug-likeness (QED) is 0.600. The fraction of sp³-hybridized carbons (Fsp3) is 0.714. The van der Waals surface area contributed by atoms with Crippen molar-refractivity contribution in [3.05, 3.63) is 0 Å². The van der Waals surface area contributed by atoms with Crippen molar-refractivity contribution in [2.24, 2.45) is 11.5 Å². The molecule has 1 rings (SSSR count). The summed E-state index contributed by atoms with van der Waals surface area (Å²) in [6, 6.07) is -1.11. The molecule has 0 unspecified atom stereocenters. The molecular formula is C7H11F2N3O2. The highest BCUT2D eigenvalue weighted by atomic mass is 19.3. The van der Waals surface area contributed by atoms with Crippen LogP contribution >= 0.6 is 0 Å². The number of carbonyl (C=O) groups is 2. The van der Waals surface area contributed by atoms with Gasteiger partial charge in [0.15, 0.2) is 0 Å². The van der Waals surface area contributed by atoms with Crippen LogP contribution < -0.4 is 11.5 Å². The van der Waals surface area contributed by atoms with Gasteiger partial charge in [0.05, 0.1) is 25.6 Å². The van der Waals surface area contributed by atoms with Gasteiger partial charge in [-0.2, -0.15) is 0 Å². The molecule has 0 saturated carbocycles. The first-order valence-electron chi connectivity index (χ1n) is 4.02. The average molecular weight is 207 g/mol. The Bertz CT molecular complexity index is 262. The van der Waals surface area contributed by atoms with E-state index in [9.17, 15) is 18.4 Å². The van der Waals surface area contributed by atoms with E-state index in [2.05, 4.69) is 0 Å². The monoisotopic (exact) mass is 207 g/mol. The third-order valence-electron chi connectivity index (χ3n) is 1.89. The summed E-state index contributed by atoms with van der Waals surface area (Å²) < 4.78 is 24.7. The molecule has 2 amide bonds. The molecule has 1 fully saturated rings. The van der Waals surface area contributed by atoms with Crippen molar-refractivity contribution in [1.29, 1.82) is 0 Å². The van der Waals surface area contributed by atoms with Gasteiger partial charge >= 0.3 is 0 Å². The molecule has 4 N–H and O–H groups in total. The van der Waals surface area contributed by atoms with Gasteiger partial charge in [-0.15, -0.1) is 0 Å². The predicted octanol–water partition coefficient (Wildman–Crippen LogP) is -1.33. The molecule has 0 aliphatic carbocycles. The Kier molecular flexibility index (Phi) is 2.70. The number of alkyl halides is 2. The lowest BCUT2D eigenvalue weighted by Gasteiger charge is -2.39. The molecule has 1 saturated heterocycles. The minimum Gasteiger partial charge on any atom is -0.370 e. The molecule has 7 heteroatoms. The van der Waals surface area contributed by atoms with Crippen LogP contribution in [0.2, 0.25) is 0 Å². The molecule has 80 valence electrons. The summed E-state index contributed by atoms with van der Waals surface area (Å²) in [5.74, 6) is -4.20. The van der Waals surface area contributed by atoms with Crippen LogP contribution in [0.4, 0.5) is 8.78 Å². The van der Waals surface area contributed by atoms with Gasteiger partial charge in [0.25, 0.3) is 5.92 Å². The van der Waals surface area contributed by atoms with Crippen molar-refractivity contribution < 1.29 is 18.4 Å². The maximum absolute atomic E-state index is 12.3. The Hall–Kier alpha value is -1.24. The number of amides is 2. The summed E-state index contributed by atoms with van der Waals surface area (Å²) in [5.41, 5.74) is 10.1. The van der Waals surface area contributed by atoms with Crippen LogP contribution in [0, 0.1) is 0 Å². The fourth-order valence-electron chi connectivity index (χ4n) is 1.21. The van der Waals surface area contributed by atoms with Crippen molar-refractivity contribution in [1.82, 2.24) is 4.90 Å². The molecule has 0 spiro atoms. The SMILES string of the molecule is NC(=O)C[C@@H](N)C(=O)N1CC(F)(F)C1. The molecule has 0 aromatic heterocycles. The van der Waals surface area contributed by atoms with Crippen LogP contribution in [-0.4, -0.2) is 41.8 Å². The van der Waals surface area contributed by atoms with Crippen molar-refractivity contribution in [2.75, 3.05) is 13.1 Å². The molecule has 0 aromatic carbocycles. The van der Waals surface area contributed by atoms with Crippen LogP contribution in [0.5, 0.6) is 0 Å². The zero-order valence-electron chi connectivity index (χ0n) is 7.37. The number of nitrogens with zero attached hydrogens (tertiary/aromatic N) is 1. The van der Waals surface area contributed by atoms with E-state index in [1.54, 1.807) is 0 Å². The first-order valence-corrected chi connectivity index (χ1v) is 4.02. The lowest BCUT2D eigenvalue weighted by atomic mass is 10.1. The van der Waals surface area contributed by atoms with Crippen molar-refractivity contribution in [3.8, 4) is 0 Å². The third-order valence-corrected chi connectivity index (χ3v) is 1.89. The van der Waals surface area contributed by atoms with E-state index in [-0.39, 0.29) is 6.42 Å². The number of carbonyl (C=O) groups excluding carboxylic acids is 2. The summed E-state index contributed by atoms with van der Waals surface area (Å²) in [4.78, 5) is 22.5. The van der Waals surface area contributed by atoms with Crippen LogP contribution in [0.25, 0.3) is 0 Å². The molecule has 1 heterocycles. The first-order chi connectivity index (χ1) is 6.32. The van der Waals surface area contributed by atoms with Crippen molar-refractivity contribution in [2.45, 2.75) is 18.4 Å². The second-order valence-corrected chi connectivity index (χ2v) is 3.33. The molecular weight excluding hydrogens is 196 g/mol. The number of nitrogens with two attached hydrogens (primary N) is 2. The maximum atomic E-state index is 12.3. The van der Waals surface area contributed by atoms with E-state index in [1.807, 2.05) is 0 Å². The van der Waals surface area contributed by atoms with Crippen LogP contribution in [0.3, 0.4) is 0 Å². The average Bonchev–Trinajstić information content (AvgIpc) is 1.97. The van der Waals surface area contributed by atoms with Crippen molar-refractivity contribution >= 4 is 11.8 Å². The highest BCUT2D eigenvalue weighted by Crippen LogP contribution is 2.26. The first kappa shape index (κ1) is 10.8. The summed E-state index contributed by atoms with van der Waals surface area (Å²) in [5, 5.41) is 0. The lowest BCUT2D eigenvalue weighted by molar-refractivity contribution is -0.167. The topological polar surface area (TPSA) is 89.4 Å². The Morgan fingerprint density at radius 1 is 1.43 bits per heavy atom. The zero-order valence-corrected chi connectivity index (χ0v) is 7.37. The Morgan fingerprint density at radius 3 is 2.29 bits per heavy atom. The Morgan fingerprint density at radius 2 is 1.93 bits per heavy atom. The third kappa shape index (κ3) is 2.38. The number of halogens is 2. The molecule has 5 nitrogen and oxygen atoms in total. The standard InChI is InChI=1S/C7H11F2N3O2/c8-7(9)2-12(3-7)6(14)4(10)1-5(11)13/h4H,1-3,10H2,(H2,11,13)/t4-/m1/s1. The Balaban J connectivity index is 2.40. The van der Waals surface area contributed by atoms with E-state index in [0.29, 0.717) is 0 Å². The van der Waals surface area contributed by atoms with Crippen LogP contribution in [0.15, 0.2) is 0 Å². The van der Waals surface area contributed by atoms with Gasteiger partial charge in [0.1, 0.15) is 0 Å². The smallest absolute Gasteiger partial charge is 0.282 e. The molecule has 0 bridgehead atoms. The largest absolute Gasteiger partial charge is 0.370 e. The molecule has 0 radical (unpaired) electrons. The second-order valence-electron chi connectivity index (χ2n) is 3.33. The number of primary amides is 1. The molecule has 14 heavy (non-hydrogen) atoms. The lowest BCUT2D eigenvalue weighted by Crippen LogP contribution is -2.62. The second kappa shape index (κ2) is 3.49. The number of hydrogen-bond donors (Lipinski definition) is 2. The fourth-order valence-corrected chi connectivity index (χ4v) is 1.21. The van der Waals surface area contributed by atoms with E-state index in [0.717, 1.165) is 4.90 Å². The highest BCUT2D eigenvalue weighted by Gasteiger charge is 2.47. The predicted molar refractivity (Wildman–Crippen MR) is 43.3 cm³/mol. The summed E-state index contributed by atoms with van der Waals surface area (Å²) in [6.45, 7) is -1.25. The summed E-state index contributed by atoms with van der Waals surface area (Å²) in [6.07, 6.45) is -0.319. The van der Waals surface area contributed by atoms with Gasteiger partial charge in [-0.1, -0.05) is 0 Å². The van der Waals surface area contributed by atoms with E-state index in [1.165, 1.54) is 0 Å². The van der Waals surface area contributed by atoms with Gasteiger partial charge in [-0.25, -0.2) is 8.78 Å². The molecule has 1 atom stereocenters. The Labute approximate surface area is 79.0 Å². The minimum absolute atomic E-state index is 0.319. The summed E-state index contributed by atoms with van der Waals surface area (Å²) >= 11 is 0. The van der Waals surface area contributed by atoms with Crippen LogP contribution in [0.1, 0.15) is 6.42 Å². The number of rotatable bonds is 3. The van der Waals surface area contributed by atoms with E-state index < -0.39 is 36.9 Å². The van der Waals surface area contributed by atoms with E-state index >= 15 is 0 Å². The van der Waals surface area contributed by atoms with Gasteiger partial charge < -0.3 is 16.4 Å². The maximum Gasteiger partial charge on any atom is 0.282 e. The summed E-state index contributed by atoms with van der Waals surface area (Å²) in [7, 11) is 0. The van der Waals surface area contributed by atoms with Crippen molar-refractivity contribution in [3.63, 3.8) is 0 Å². The van der Waals surface area contributed by atoms with E-state index in [4.69, 9.17) is 11.5 Å². The van der Waals surface area contributed by atoms with Gasteiger partial charge in [0.2, 0.25) is 11.8 Å². The van der Waals surface area contributed by atoms with Gasteiger partial charge in [-0.3, -0.25) is 9.59 Å². The number of likely N-dealkylation sites (tertiary alicyclic amines) is 1. The van der Waals surface area contributed by atoms with Gasteiger partial charge in [0, 0.05) is 0 Å².